The third kappa shape index (κ3) is 4.28. The number of nitrogens with one attached hydrogen (secondary N) is 1. The Morgan fingerprint density at radius 3 is 2.29 bits per heavy atom. The molecule has 0 spiro atoms. The topological polar surface area (TPSA) is 66.4 Å². The van der Waals surface area contributed by atoms with Crippen LogP contribution < -0.4 is 4.72 Å². The molecule has 4 nitrogen and oxygen atoms in total. The van der Waals surface area contributed by atoms with Gasteiger partial charge in [0, 0.05) is 6.54 Å². The van der Waals surface area contributed by atoms with Crippen molar-refractivity contribution in [1.82, 2.24) is 4.72 Å². The van der Waals surface area contributed by atoms with E-state index in [0.29, 0.717) is 12.8 Å². The number of rotatable bonds is 4. The van der Waals surface area contributed by atoms with E-state index in [-0.39, 0.29) is 11.4 Å². The molecule has 0 heterocycles. The summed E-state index contributed by atoms with van der Waals surface area (Å²) >= 11 is 0. The van der Waals surface area contributed by atoms with E-state index in [1.54, 1.807) is 12.1 Å². The highest BCUT2D eigenvalue weighted by Crippen LogP contribution is 2.27. The summed E-state index contributed by atoms with van der Waals surface area (Å²) in [6.45, 7) is 3.95. The van der Waals surface area contributed by atoms with Crippen molar-refractivity contribution in [2.75, 3.05) is 6.54 Å². The SMILES string of the molecule is Cc1ccc(S(=O)(=O)NCC2(O)CCCCCC2)cc1C. The lowest BCUT2D eigenvalue weighted by molar-refractivity contribution is 0.0303. The minimum atomic E-state index is -3.56. The van der Waals surface area contributed by atoms with Gasteiger partial charge in [-0.25, -0.2) is 13.1 Å². The molecule has 1 aromatic rings. The molecule has 1 aromatic carbocycles. The van der Waals surface area contributed by atoms with Crippen molar-refractivity contribution in [3.63, 3.8) is 0 Å². The van der Waals surface area contributed by atoms with Gasteiger partial charge >= 0.3 is 0 Å². The Balaban J connectivity index is 2.08. The average molecular weight is 311 g/mol. The first kappa shape index (κ1) is 16.5. The normalized spacial score (nSPS) is 19.2. The van der Waals surface area contributed by atoms with E-state index < -0.39 is 15.6 Å². The highest BCUT2D eigenvalue weighted by Gasteiger charge is 2.29. The predicted octanol–water partition coefficient (Wildman–Crippen LogP) is 2.67. The number of aliphatic hydroxyl groups is 1. The second-order valence-corrected chi connectivity index (χ2v) is 7.98. The smallest absolute Gasteiger partial charge is 0.240 e. The van der Waals surface area contributed by atoms with Gasteiger partial charge in [-0.1, -0.05) is 31.7 Å². The Morgan fingerprint density at radius 2 is 1.71 bits per heavy atom. The van der Waals surface area contributed by atoms with E-state index in [0.717, 1.165) is 36.8 Å². The maximum Gasteiger partial charge on any atom is 0.240 e. The molecule has 2 N–H and O–H groups in total. The Labute approximate surface area is 127 Å². The zero-order chi connectivity index (χ0) is 15.5. The largest absolute Gasteiger partial charge is 0.389 e. The predicted molar refractivity (Wildman–Crippen MR) is 83.8 cm³/mol. The van der Waals surface area contributed by atoms with E-state index in [1.165, 1.54) is 0 Å². The number of hydrogen-bond acceptors (Lipinski definition) is 3. The zero-order valence-corrected chi connectivity index (χ0v) is 13.7. The van der Waals surface area contributed by atoms with E-state index in [4.69, 9.17) is 0 Å². The van der Waals surface area contributed by atoms with Gasteiger partial charge in [0.2, 0.25) is 10.0 Å². The lowest BCUT2D eigenvalue weighted by Crippen LogP contribution is -2.42. The van der Waals surface area contributed by atoms with Crippen molar-refractivity contribution in [3.05, 3.63) is 29.3 Å². The van der Waals surface area contributed by atoms with Gasteiger partial charge in [0.05, 0.1) is 10.5 Å². The summed E-state index contributed by atoms with van der Waals surface area (Å²) in [5.41, 5.74) is 1.12. The third-order valence-electron chi connectivity index (χ3n) is 4.41. The quantitative estimate of drug-likeness (QED) is 0.840. The fourth-order valence-corrected chi connectivity index (χ4v) is 3.96. The molecule has 0 radical (unpaired) electrons. The maximum atomic E-state index is 12.3. The number of hydrogen-bond donors (Lipinski definition) is 2. The third-order valence-corrected chi connectivity index (χ3v) is 5.81. The summed E-state index contributed by atoms with van der Waals surface area (Å²) in [5.74, 6) is 0. The van der Waals surface area contributed by atoms with Crippen molar-refractivity contribution in [2.24, 2.45) is 0 Å². The van der Waals surface area contributed by atoms with Gasteiger partial charge in [-0.05, 0) is 49.9 Å². The van der Waals surface area contributed by atoms with Gasteiger partial charge in [-0.3, -0.25) is 0 Å². The van der Waals surface area contributed by atoms with Crippen LogP contribution in [0.25, 0.3) is 0 Å². The van der Waals surface area contributed by atoms with Crippen molar-refractivity contribution in [2.45, 2.75) is 62.9 Å². The lowest BCUT2D eigenvalue weighted by atomic mass is 9.95. The summed E-state index contributed by atoms with van der Waals surface area (Å²) in [4.78, 5) is 0.267. The van der Waals surface area contributed by atoms with Crippen molar-refractivity contribution in [3.8, 4) is 0 Å². The molecule has 1 saturated carbocycles. The molecule has 5 heteroatoms. The van der Waals surface area contributed by atoms with Crippen LogP contribution in [0.4, 0.5) is 0 Å². The second kappa shape index (κ2) is 6.46. The maximum absolute atomic E-state index is 12.3. The van der Waals surface area contributed by atoms with Gasteiger partial charge in [0.1, 0.15) is 0 Å². The molecule has 0 aromatic heterocycles. The van der Waals surface area contributed by atoms with E-state index >= 15 is 0 Å². The van der Waals surface area contributed by atoms with E-state index in [1.807, 2.05) is 19.9 Å². The van der Waals surface area contributed by atoms with E-state index in [2.05, 4.69) is 4.72 Å². The second-order valence-electron chi connectivity index (χ2n) is 6.21. The molecule has 0 bridgehead atoms. The van der Waals surface area contributed by atoms with Crippen LogP contribution in [-0.2, 0) is 10.0 Å². The molecule has 1 aliphatic carbocycles. The summed E-state index contributed by atoms with van der Waals surface area (Å²) < 4.78 is 27.3. The molecule has 0 amide bonds. The molecule has 1 aliphatic rings. The van der Waals surface area contributed by atoms with Gasteiger partial charge < -0.3 is 5.11 Å². The molecule has 0 saturated heterocycles. The van der Waals surface area contributed by atoms with Crippen LogP contribution in [0.1, 0.15) is 49.7 Å². The van der Waals surface area contributed by atoms with Crippen LogP contribution in [0.2, 0.25) is 0 Å². The van der Waals surface area contributed by atoms with Crippen LogP contribution in [0.15, 0.2) is 23.1 Å². The zero-order valence-electron chi connectivity index (χ0n) is 12.9. The summed E-state index contributed by atoms with van der Waals surface area (Å²) in [5, 5.41) is 10.5. The summed E-state index contributed by atoms with van der Waals surface area (Å²) in [6, 6.07) is 5.10. The number of sulfonamides is 1. The Bertz CT molecular complexity index is 588. The van der Waals surface area contributed by atoms with Crippen molar-refractivity contribution in [1.29, 1.82) is 0 Å². The fraction of sp³-hybridized carbons (Fsp3) is 0.625. The van der Waals surface area contributed by atoms with Crippen LogP contribution in [-0.4, -0.2) is 25.7 Å². The van der Waals surface area contributed by atoms with E-state index in [9.17, 15) is 13.5 Å². The lowest BCUT2D eigenvalue weighted by Gasteiger charge is -2.26. The van der Waals surface area contributed by atoms with Gasteiger partial charge in [-0.15, -0.1) is 0 Å². The van der Waals surface area contributed by atoms with Gasteiger partial charge in [0.25, 0.3) is 0 Å². The first-order valence-corrected chi connectivity index (χ1v) is 9.10. The van der Waals surface area contributed by atoms with Crippen LogP contribution in [0.3, 0.4) is 0 Å². The summed E-state index contributed by atoms with van der Waals surface area (Å²) in [7, 11) is -3.56. The highest BCUT2D eigenvalue weighted by atomic mass is 32.2. The fourth-order valence-electron chi connectivity index (χ4n) is 2.76. The molecule has 0 aliphatic heterocycles. The minimum absolute atomic E-state index is 0.0995. The monoisotopic (exact) mass is 311 g/mol. The number of benzene rings is 1. The molecule has 0 unspecified atom stereocenters. The molecule has 1 fully saturated rings. The molecule has 0 atom stereocenters. The number of aryl methyl sites for hydroxylation is 2. The summed E-state index contributed by atoms with van der Waals surface area (Å²) in [6.07, 6.45) is 5.49. The standard InChI is InChI=1S/C16H25NO3S/c1-13-7-8-15(11-14(13)2)21(19,20)17-12-16(18)9-5-3-4-6-10-16/h7-8,11,17-18H,3-6,9-10,12H2,1-2H3. The minimum Gasteiger partial charge on any atom is -0.389 e. The van der Waals surface area contributed by atoms with Crippen molar-refractivity contribution >= 4 is 10.0 Å². The Kier molecular flexibility index (Phi) is 5.07. The molecule has 21 heavy (non-hydrogen) atoms. The van der Waals surface area contributed by atoms with Crippen LogP contribution in [0.5, 0.6) is 0 Å². The highest BCUT2D eigenvalue weighted by molar-refractivity contribution is 7.89. The molecule has 2 rings (SSSR count). The van der Waals surface area contributed by atoms with Gasteiger partial charge in [0.15, 0.2) is 0 Å². The first-order valence-electron chi connectivity index (χ1n) is 7.62. The average Bonchev–Trinajstić information content (AvgIpc) is 2.65. The molecular formula is C16H25NO3S. The van der Waals surface area contributed by atoms with Gasteiger partial charge in [-0.2, -0.15) is 0 Å². The van der Waals surface area contributed by atoms with Crippen LogP contribution in [0, 0.1) is 13.8 Å². The van der Waals surface area contributed by atoms with Crippen molar-refractivity contribution < 1.29 is 13.5 Å². The first-order chi connectivity index (χ1) is 9.82. The molecule has 118 valence electrons. The molecular weight excluding hydrogens is 286 g/mol. The van der Waals surface area contributed by atoms with Crippen LogP contribution >= 0.6 is 0 Å². The Morgan fingerprint density at radius 1 is 1.10 bits per heavy atom. The Hall–Kier alpha value is -0.910.